The van der Waals surface area contributed by atoms with Gasteiger partial charge in [0.05, 0.1) is 0 Å². The van der Waals surface area contributed by atoms with Crippen LogP contribution in [-0.4, -0.2) is 0 Å². The first-order chi connectivity index (χ1) is 28.5. The summed E-state index contributed by atoms with van der Waals surface area (Å²) in [4.78, 5) is 0. The fourth-order valence-electron chi connectivity index (χ4n) is 10.5. The summed E-state index contributed by atoms with van der Waals surface area (Å²) in [5.41, 5.74) is 13.5. The normalized spacial score (nSPS) is 13.8. The van der Waals surface area contributed by atoms with Crippen molar-refractivity contribution >= 4 is 65.0 Å². The van der Waals surface area contributed by atoms with Crippen molar-refractivity contribution in [1.82, 2.24) is 0 Å². The quantitative estimate of drug-likeness (QED) is 0.160. The van der Waals surface area contributed by atoms with Crippen LogP contribution in [0.25, 0.3) is 87.3 Å². The highest BCUT2D eigenvalue weighted by Crippen LogP contribution is 2.50. The van der Waals surface area contributed by atoms with Gasteiger partial charge >= 0.3 is 0 Å². The Hall–Kier alpha value is -6.96. The van der Waals surface area contributed by atoms with Crippen molar-refractivity contribution in [2.24, 2.45) is 0 Å². The Balaban J connectivity index is 1.10. The summed E-state index contributed by atoms with van der Waals surface area (Å²) in [7, 11) is 0. The molecule has 10 aromatic carbocycles. The lowest BCUT2D eigenvalue weighted by atomic mass is 9.79. The van der Waals surface area contributed by atoms with E-state index in [1.165, 1.54) is 98.5 Å². The topological polar surface area (TPSA) is 13.1 Å². The molecule has 0 bridgehead atoms. The molecule has 0 saturated heterocycles. The molecule has 1 heterocycles. The van der Waals surface area contributed by atoms with E-state index in [-0.39, 0.29) is 11.3 Å². The van der Waals surface area contributed by atoms with E-state index in [2.05, 4.69) is 202 Å². The van der Waals surface area contributed by atoms with Crippen molar-refractivity contribution in [2.45, 2.75) is 31.6 Å². The number of para-hydroxylation sites is 1. The molecule has 11 aromatic rings. The minimum atomic E-state index is -0.104. The molecule has 0 saturated carbocycles. The number of fused-ring (bicyclic) bond motifs is 14. The highest BCUT2D eigenvalue weighted by Gasteiger charge is 2.36. The van der Waals surface area contributed by atoms with Crippen LogP contribution in [0.1, 0.15) is 47.6 Å². The molecule has 0 N–H and O–H groups in total. The van der Waals surface area contributed by atoms with Crippen molar-refractivity contribution < 1.29 is 4.42 Å². The standard InChI is InChI=1S/C57H40O/c1-57(2)52-26-13-12-22-44(52)45-30-28-37(33-53(45)57)49(31-35-27-29-43-40-19-7-6-17-38(40)39-18-8-9-20-41(39)51(43)32-35)47-24-14-25-48-55-46-23-11-10-21-42(46)50(34-54(55)58-56(47)48)36-15-4-3-5-16-36/h3-30,32-34,49H,31H2,1-2H3. The van der Waals surface area contributed by atoms with Gasteiger partial charge in [0.25, 0.3) is 0 Å². The van der Waals surface area contributed by atoms with Crippen LogP contribution in [-0.2, 0) is 11.8 Å². The predicted molar refractivity (Wildman–Crippen MR) is 245 cm³/mol. The molecule has 0 fully saturated rings. The monoisotopic (exact) mass is 740 g/mol. The molecule has 0 radical (unpaired) electrons. The Bertz CT molecular complexity index is 3420. The first kappa shape index (κ1) is 33.2. The molecule has 0 spiro atoms. The van der Waals surface area contributed by atoms with Gasteiger partial charge in [-0.15, -0.1) is 0 Å². The van der Waals surface area contributed by atoms with E-state index in [1.807, 2.05) is 0 Å². The summed E-state index contributed by atoms with van der Waals surface area (Å²) in [6.07, 6.45) is 0.829. The Morgan fingerprint density at radius 3 is 1.79 bits per heavy atom. The maximum Gasteiger partial charge on any atom is 0.139 e. The Morgan fingerprint density at radius 2 is 1.03 bits per heavy atom. The minimum absolute atomic E-state index is 0.0399. The van der Waals surface area contributed by atoms with Crippen molar-refractivity contribution in [3.05, 3.63) is 216 Å². The lowest BCUT2D eigenvalue weighted by molar-refractivity contribution is 0.650. The molecule has 0 amide bonds. The molecular formula is C57H40O. The van der Waals surface area contributed by atoms with Gasteiger partial charge in [-0.3, -0.25) is 0 Å². The van der Waals surface area contributed by atoms with Gasteiger partial charge in [0, 0.05) is 27.7 Å². The van der Waals surface area contributed by atoms with Crippen molar-refractivity contribution in [3.63, 3.8) is 0 Å². The largest absolute Gasteiger partial charge is 0.456 e. The first-order valence-electron chi connectivity index (χ1n) is 20.5. The van der Waals surface area contributed by atoms with E-state index in [4.69, 9.17) is 4.42 Å². The summed E-state index contributed by atoms with van der Waals surface area (Å²) in [5.74, 6) is 0.0399. The smallest absolute Gasteiger partial charge is 0.139 e. The van der Waals surface area contributed by atoms with Gasteiger partial charge < -0.3 is 4.42 Å². The molecule has 274 valence electrons. The van der Waals surface area contributed by atoms with Crippen LogP contribution in [0, 0.1) is 0 Å². The lowest BCUT2D eigenvalue weighted by Crippen LogP contribution is -2.16. The Labute approximate surface area is 337 Å². The second kappa shape index (κ2) is 12.5. The van der Waals surface area contributed by atoms with Gasteiger partial charge in [-0.2, -0.15) is 0 Å². The third-order valence-electron chi connectivity index (χ3n) is 13.3. The van der Waals surface area contributed by atoms with Crippen LogP contribution >= 0.6 is 0 Å². The molecule has 1 heteroatoms. The van der Waals surface area contributed by atoms with Gasteiger partial charge in [0.2, 0.25) is 0 Å². The van der Waals surface area contributed by atoms with E-state index in [0.717, 1.165) is 23.0 Å². The van der Waals surface area contributed by atoms with Gasteiger partial charge in [-0.25, -0.2) is 0 Å². The number of rotatable bonds is 5. The molecule has 1 aliphatic carbocycles. The molecular weight excluding hydrogens is 701 g/mol. The van der Waals surface area contributed by atoms with Gasteiger partial charge in [0.1, 0.15) is 11.2 Å². The Kier molecular flexibility index (Phi) is 7.17. The summed E-state index contributed by atoms with van der Waals surface area (Å²) < 4.78 is 7.15. The third-order valence-corrected chi connectivity index (χ3v) is 13.3. The predicted octanol–water partition coefficient (Wildman–Crippen LogP) is 15.5. The fraction of sp³-hybridized carbons (Fsp3) is 0.0877. The van der Waals surface area contributed by atoms with E-state index < -0.39 is 0 Å². The zero-order valence-corrected chi connectivity index (χ0v) is 32.6. The zero-order valence-electron chi connectivity index (χ0n) is 32.6. The third kappa shape index (κ3) is 4.83. The second-order valence-electron chi connectivity index (χ2n) is 16.7. The highest BCUT2D eigenvalue weighted by atomic mass is 16.3. The lowest BCUT2D eigenvalue weighted by Gasteiger charge is -2.24. The maximum absolute atomic E-state index is 7.15. The summed E-state index contributed by atoms with van der Waals surface area (Å²) in [6.45, 7) is 4.76. The second-order valence-corrected chi connectivity index (χ2v) is 16.7. The molecule has 1 nitrogen and oxygen atoms in total. The van der Waals surface area contributed by atoms with E-state index >= 15 is 0 Å². The van der Waals surface area contributed by atoms with Gasteiger partial charge in [-0.05, 0) is 100 Å². The minimum Gasteiger partial charge on any atom is -0.456 e. The maximum atomic E-state index is 7.15. The number of furan rings is 1. The molecule has 1 atom stereocenters. The van der Waals surface area contributed by atoms with Crippen LogP contribution in [0.2, 0.25) is 0 Å². The molecule has 1 unspecified atom stereocenters. The van der Waals surface area contributed by atoms with E-state index in [9.17, 15) is 0 Å². The average molecular weight is 741 g/mol. The highest BCUT2D eigenvalue weighted by molar-refractivity contribution is 6.25. The van der Waals surface area contributed by atoms with Crippen LogP contribution in [0.5, 0.6) is 0 Å². The van der Waals surface area contributed by atoms with Crippen LogP contribution in [0.4, 0.5) is 0 Å². The van der Waals surface area contributed by atoms with Crippen LogP contribution in [0.3, 0.4) is 0 Å². The Morgan fingerprint density at radius 1 is 0.431 bits per heavy atom. The summed E-state index contributed by atoms with van der Waals surface area (Å²) in [5, 5.41) is 12.6. The number of hydrogen-bond donors (Lipinski definition) is 0. The first-order valence-corrected chi connectivity index (χ1v) is 20.5. The summed E-state index contributed by atoms with van der Waals surface area (Å²) in [6, 6.07) is 69.7. The number of hydrogen-bond acceptors (Lipinski definition) is 1. The van der Waals surface area contributed by atoms with Crippen molar-refractivity contribution in [3.8, 4) is 22.3 Å². The molecule has 0 aliphatic heterocycles. The van der Waals surface area contributed by atoms with Crippen molar-refractivity contribution in [2.75, 3.05) is 0 Å². The molecule has 12 rings (SSSR count). The SMILES string of the molecule is CC1(C)c2ccccc2-c2ccc(C(Cc3ccc4c5ccccc5c5ccccc5c4c3)c3cccc4c3oc3cc(-c5ccccc5)c5ccccc5c34)cc21. The molecule has 58 heavy (non-hydrogen) atoms. The summed E-state index contributed by atoms with van der Waals surface area (Å²) >= 11 is 0. The van der Waals surface area contributed by atoms with Crippen molar-refractivity contribution in [1.29, 1.82) is 0 Å². The average Bonchev–Trinajstić information content (AvgIpc) is 3.77. The fourth-order valence-corrected chi connectivity index (χ4v) is 10.5. The van der Waals surface area contributed by atoms with Crippen LogP contribution < -0.4 is 0 Å². The molecule has 1 aliphatic rings. The van der Waals surface area contributed by atoms with Gasteiger partial charge in [0.15, 0.2) is 0 Å². The molecule has 1 aromatic heterocycles. The number of benzene rings is 10. The zero-order chi connectivity index (χ0) is 38.5. The van der Waals surface area contributed by atoms with E-state index in [0.29, 0.717) is 0 Å². The van der Waals surface area contributed by atoms with Gasteiger partial charge in [-0.1, -0.05) is 196 Å². The van der Waals surface area contributed by atoms with E-state index in [1.54, 1.807) is 0 Å². The van der Waals surface area contributed by atoms with Crippen LogP contribution in [0.15, 0.2) is 192 Å².